The Labute approximate surface area is 212 Å². The minimum absolute atomic E-state index is 0.0449. The van der Waals surface area contributed by atoms with Crippen LogP contribution in [0.15, 0.2) is 66.9 Å². The molecular weight excluding hydrogens is 452 g/mol. The van der Waals surface area contributed by atoms with Gasteiger partial charge in [0.2, 0.25) is 0 Å². The van der Waals surface area contributed by atoms with Crippen molar-refractivity contribution in [3.8, 4) is 5.75 Å². The Morgan fingerprint density at radius 2 is 1.83 bits per heavy atom. The van der Waals surface area contributed by atoms with Gasteiger partial charge in [-0.2, -0.15) is 0 Å². The van der Waals surface area contributed by atoms with E-state index in [-0.39, 0.29) is 18.2 Å². The SMILES string of the molecule is CC(C)(C)OC(=O)N1CCCC(c2cnc3c(c2)NC(c2ccc(COc4ccccc4)cc2)N3)C1. The molecule has 2 atom stereocenters. The van der Waals surface area contributed by atoms with E-state index in [1.165, 1.54) is 0 Å². The summed E-state index contributed by atoms with van der Waals surface area (Å²) in [7, 11) is 0. The highest BCUT2D eigenvalue weighted by Crippen LogP contribution is 2.37. The van der Waals surface area contributed by atoms with Crippen molar-refractivity contribution in [2.45, 2.75) is 57.9 Å². The Bertz CT molecular complexity index is 1190. The fourth-order valence-electron chi connectivity index (χ4n) is 4.66. The number of fused-ring (bicyclic) bond motifs is 1. The zero-order valence-electron chi connectivity index (χ0n) is 21.2. The molecule has 3 heterocycles. The molecule has 0 spiro atoms. The maximum atomic E-state index is 12.6. The third kappa shape index (κ3) is 5.73. The predicted molar refractivity (Wildman–Crippen MR) is 141 cm³/mol. The van der Waals surface area contributed by atoms with Crippen molar-refractivity contribution < 1.29 is 14.3 Å². The number of rotatable bonds is 5. The van der Waals surface area contributed by atoms with E-state index in [0.717, 1.165) is 53.3 Å². The number of hydrogen-bond acceptors (Lipinski definition) is 6. The third-order valence-corrected chi connectivity index (χ3v) is 6.50. The van der Waals surface area contributed by atoms with Crippen LogP contribution < -0.4 is 15.4 Å². The molecule has 5 rings (SSSR count). The second kappa shape index (κ2) is 10.1. The number of pyridine rings is 1. The topological polar surface area (TPSA) is 75.7 Å². The van der Waals surface area contributed by atoms with E-state index in [2.05, 4.69) is 41.0 Å². The van der Waals surface area contributed by atoms with Crippen molar-refractivity contribution in [2.75, 3.05) is 23.7 Å². The summed E-state index contributed by atoms with van der Waals surface area (Å²) in [6, 6.07) is 20.4. The summed E-state index contributed by atoms with van der Waals surface area (Å²) in [5.41, 5.74) is 3.89. The van der Waals surface area contributed by atoms with Crippen molar-refractivity contribution in [3.05, 3.63) is 83.6 Å². The molecule has 0 radical (unpaired) electrons. The summed E-state index contributed by atoms with van der Waals surface area (Å²) in [6.45, 7) is 7.62. The number of benzene rings is 2. The lowest BCUT2D eigenvalue weighted by atomic mass is 9.91. The minimum Gasteiger partial charge on any atom is -0.489 e. The summed E-state index contributed by atoms with van der Waals surface area (Å²) < 4.78 is 11.4. The molecule has 1 saturated heterocycles. The molecule has 188 valence electrons. The van der Waals surface area contributed by atoms with Crippen LogP contribution in [-0.2, 0) is 11.3 Å². The number of ether oxygens (including phenoxy) is 2. The summed E-state index contributed by atoms with van der Waals surface area (Å²) in [4.78, 5) is 19.1. The molecule has 2 unspecified atom stereocenters. The van der Waals surface area contributed by atoms with Gasteiger partial charge in [0.05, 0.1) is 5.69 Å². The van der Waals surface area contributed by atoms with Crippen LogP contribution in [0.3, 0.4) is 0 Å². The van der Waals surface area contributed by atoms with Gasteiger partial charge in [-0.3, -0.25) is 0 Å². The standard InChI is InChI=1S/C29H34N4O3/c1-29(2,3)36-28(34)33-15-7-8-22(18-33)23-16-25-27(30-17-23)32-26(31-25)21-13-11-20(12-14-21)19-35-24-9-5-4-6-10-24/h4-6,9-14,16-17,22,26,31H,7-8,15,18-19H2,1-3H3,(H,30,32). The minimum atomic E-state index is -0.489. The van der Waals surface area contributed by atoms with Crippen LogP contribution in [0.5, 0.6) is 5.75 Å². The predicted octanol–water partition coefficient (Wildman–Crippen LogP) is 6.31. The first-order valence-corrected chi connectivity index (χ1v) is 12.6. The molecule has 2 aliphatic heterocycles. The van der Waals surface area contributed by atoms with Gasteiger partial charge in [-0.1, -0.05) is 42.5 Å². The van der Waals surface area contributed by atoms with E-state index < -0.39 is 5.60 Å². The second-order valence-electron chi connectivity index (χ2n) is 10.5. The summed E-state index contributed by atoms with van der Waals surface area (Å²) >= 11 is 0. The monoisotopic (exact) mass is 486 g/mol. The lowest BCUT2D eigenvalue weighted by molar-refractivity contribution is 0.0198. The number of nitrogens with one attached hydrogen (secondary N) is 2. The molecule has 2 N–H and O–H groups in total. The van der Waals surface area contributed by atoms with Crippen molar-refractivity contribution in [2.24, 2.45) is 0 Å². The number of aromatic nitrogens is 1. The number of carbonyl (C=O) groups is 1. The number of anilines is 2. The maximum Gasteiger partial charge on any atom is 0.410 e. The van der Waals surface area contributed by atoms with Crippen molar-refractivity contribution in [3.63, 3.8) is 0 Å². The summed E-state index contributed by atoms with van der Waals surface area (Å²) in [5, 5.41) is 7.04. The van der Waals surface area contributed by atoms with Gasteiger partial charge in [-0.25, -0.2) is 9.78 Å². The third-order valence-electron chi connectivity index (χ3n) is 6.50. The number of likely N-dealkylation sites (tertiary alicyclic amines) is 1. The number of amides is 1. The number of piperidine rings is 1. The molecule has 1 aromatic heterocycles. The molecule has 0 saturated carbocycles. The van der Waals surface area contributed by atoms with E-state index >= 15 is 0 Å². The van der Waals surface area contributed by atoms with Crippen LogP contribution in [0.25, 0.3) is 0 Å². The molecule has 7 heteroatoms. The van der Waals surface area contributed by atoms with Gasteiger partial charge >= 0.3 is 6.09 Å². The number of carbonyl (C=O) groups excluding carboxylic acids is 1. The van der Waals surface area contributed by atoms with Crippen LogP contribution in [0.4, 0.5) is 16.3 Å². The van der Waals surface area contributed by atoms with Gasteiger partial charge in [0, 0.05) is 25.2 Å². The molecule has 0 aliphatic carbocycles. The van der Waals surface area contributed by atoms with Crippen LogP contribution >= 0.6 is 0 Å². The number of para-hydroxylation sites is 1. The van der Waals surface area contributed by atoms with E-state index in [4.69, 9.17) is 14.5 Å². The lowest BCUT2D eigenvalue weighted by Crippen LogP contribution is -2.42. The number of hydrogen-bond donors (Lipinski definition) is 2. The van der Waals surface area contributed by atoms with E-state index in [1.54, 1.807) is 0 Å². The molecule has 1 fully saturated rings. The zero-order valence-corrected chi connectivity index (χ0v) is 21.2. The molecular formula is C29H34N4O3. The fraction of sp³-hybridized carbons (Fsp3) is 0.379. The molecule has 2 aromatic carbocycles. The normalized spacial score (nSPS) is 19.1. The average molecular weight is 487 g/mol. The first kappa shape index (κ1) is 24.0. The highest BCUT2D eigenvalue weighted by molar-refractivity contribution is 5.72. The maximum absolute atomic E-state index is 12.6. The first-order valence-electron chi connectivity index (χ1n) is 12.6. The van der Waals surface area contributed by atoms with E-state index in [0.29, 0.717) is 13.2 Å². The van der Waals surface area contributed by atoms with Crippen LogP contribution in [0.2, 0.25) is 0 Å². The van der Waals surface area contributed by atoms with Gasteiger partial charge in [0.1, 0.15) is 24.1 Å². The number of nitrogens with zero attached hydrogens (tertiary/aromatic N) is 2. The Hall–Kier alpha value is -3.74. The Morgan fingerprint density at radius 1 is 1.06 bits per heavy atom. The molecule has 0 bridgehead atoms. The smallest absolute Gasteiger partial charge is 0.410 e. The largest absolute Gasteiger partial charge is 0.489 e. The van der Waals surface area contributed by atoms with Crippen molar-refractivity contribution in [1.29, 1.82) is 0 Å². The molecule has 3 aromatic rings. The summed E-state index contributed by atoms with van der Waals surface area (Å²) in [6.07, 6.45) is 3.64. The Morgan fingerprint density at radius 3 is 2.58 bits per heavy atom. The van der Waals surface area contributed by atoms with Gasteiger partial charge in [0.25, 0.3) is 0 Å². The second-order valence-corrected chi connectivity index (χ2v) is 10.5. The Kier molecular flexibility index (Phi) is 6.72. The van der Waals surface area contributed by atoms with Gasteiger partial charge in [-0.05, 0) is 68.5 Å². The van der Waals surface area contributed by atoms with Gasteiger partial charge in [-0.15, -0.1) is 0 Å². The van der Waals surface area contributed by atoms with Crippen LogP contribution in [0.1, 0.15) is 62.4 Å². The van der Waals surface area contributed by atoms with E-state index in [9.17, 15) is 4.79 Å². The highest BCUT2D eigenvalue weighted by Gasteiger charge is 2.30. The van der Waals surface area contributed by atoms with E-state index in [1.807, 2.05) is 62.2 Å². The van der Waals surface area contributed by atoms with Crippen LogP contribution in [0, 0.1) is 0 Å². The fourth-order valence-corrected chi connectivity index (χ4v) is 4.66. The zero-order chi connectivity index (χ0) is 25.1. The van der Waals surface area contributed by atoms with Crippen molar-refractivity contribution in [1.82, 2.24) is 9.88 Å². The highest BCUT2D eigenvalue weighted by atomic mass is 16.6. The first-order chi connectivity index (χ1) is 17.3. The van der Waals surface area contributed by atoms with Crippen LogP contribution in [-0.4, -0.2) is 34.7 Å². The lowest BCUT2D eigenvalue weighted by Gasteiger charge is -2.34. The van der Waals surface area contributed by atoms with Gasteiger partial charge < -0.3 is 25.0 Å². The van der Waals surface area contributed by atoms with Crippen molar-refractivity contribution >= 4 is 17.6 Å². The molecule has 7 nitrogen and oxygen atoms in total. The molecule has 2 aliphatic rings. The molecule has 1 amide bonds. The average Bonchev–Trinajstić information content (AvgIpc) is 3.31. The molecule has 36 heavy (non-hydrogen) atoms. The Balaban J connectivity index is 1.20. The summed E-state index contributed by atoms with van der Waals surface area (Å²) in [5.74, 6) is 1.96. The quantitative estimate of drug-likeness (QED) is 0.440. The van der Waals surface area contributed by atoms with Gasteiger partial charge in [0.15, 0.2) is 5.82 Å².